The van der Waals surface area contributed by atoms with Crippen LogP contribution >= 0.6 is 0 Å². The summed E-state index contributed by atoms with van der Waals surface area (Å²) in [5.74, 6) is 2.48. The maximum atomic E-state index is 5.76. The van der Waals surface area contributed by atoms with Crippen LogP contribution in [0.5, 0.6) is 17.2 Å². The van der Waals surface area contributed by atoms with Crippen LogP contribution in [-0.2, 0) is 18.4 Å². The van der Waals surface area contributed by atoms with Crippen molar-refractivity contribution in [2.45, 2.75) is 39.2 Å². The van der Waals surface area contributed by atoms with Crippen LogP contribution in [-0.4, -0.2) is 21.3 Å². The minimum atomic E-state index is 0.0428. The lowest BCUT2D eigenvalue weighted by Gasteiger charge is -2.25. The summed E-state index contributed by atoms with van der Waals surface area (Å²) in [6.07, 6.45) is 3.18. The van der Waals surface area contributed by atoms with Gasteiger partial charge in [-0.3, -0.25) is 0 Å². The molecule has 4 rings (SSSR count). The number of ether oxygens (including phenoxy) is 3. The normalized spacial score (nSPS) is 13.1. The van der Waals surface area contributed by atoms with Crippen LogP contribution in [0.2, 0.25) is 0 Å². The lowest BCUT2D eigenvalue weighted by atomic mass is 9.82. The zero-order valence-electron chi connectivity index (χ0n) is 17.6. The predicted octanol–water partition coefficient (Wildman–Crippen LogP) is 4.67. The molecule has 1 aliphatic rings. The maximum Gasteiger partial charge on any atom is 0.213 e. The second-order valence-electron chi connectivity index (χ2n) is 8.37. The number of benzene rings is 2. The molecular weight excluding hydrogens is 350 g/mol. The van der Waals surface area contributed by atoms with E-state index >= 15 is 0 Å². The van der Waals surface area contributed by atoms with E-state index in [9.17, 15) is 0 Å². The SMILES string of the molecule is COc1cc2c(cc1C(C)(C)C)CC[n+]1cc3c(OC)c(OC)ccc3cc1-2. The number of hydrogen-bond acceptors (Lipinski definition) is 3. The van der Waals surface area contributed by atoms with Gasteiger partial charge < -0.3 is 14.2 Å². The second kappa shape index (κ2) is 6.69. The third-order valence-electron chi connectivity index (χ3n) is 5.64. The zero-order chi connectivity index (χ0) is 20.1. The largest absolute Gasteiger partial charge is 0.496 e. The van der Waals surface area contributed by atoms with Crippen molar-refractivity contribution in [1.82, 2.24) is 0 Å². The maximum absolute atomic E-state index is 5.76. The number of aryl methyl sites for hydroxylation is 2. The van der Waals surface area contributed by atoms with Gasteiger partial charge in [-0.25, -0.2) is 0 Å². The lowest BCUT2D eigenvalue weighted by Crippen LogP contribution is -2.40. The van der Waals surface area contributed by atoms with Crippen LogP contribution in [0, 0.1) is 0 Å². The Hall–Kier alpha value is -2.75. The standard InChI is InChI=1S/C24H28NO3/c1-24(2,3)19-11-16-9-10-25-14-18-15(7-8-21(26-4)23(18)28-6)12-20(25)17(16)13-22(19)27-5/h7-8,11-14H,9-10H2,1-6H3/q+1. The Balaban J connectivity index is 1.95. The van der Waals surface area contributed by atoms with Gasteiger partial charge in [-0.1, -0.05) is 26.8 Å². The molecule has 0 amide bonds. The quantitative estimate of drug-likeness (QED) is 0.621. The first-order valence-electron chi connectivity index (χ1n) is 9.67. The van der Waals surface area contributed by atoms with Gasteiger partial charge in [0.25, 0.3) is 0 Å². The first-order chi connectivity index (χ1) is 13.4. The Bertz CT molecular complexity index is 1060. The van der Waals surface area contributed by atoms with Gasteiger partial charge in [-0.05, 0) is 40.1 Å². The van der Waals surface area contributed by atoms with Crippen LogP contribution in [0.25, 0.3) is 22.0 Å². The lowest BCUT2D eigenvalue weighted by molar-refractivity contribution is -0.686. The fourth-order valence-corrected chi connectivity index (χ4v) is 4.16. The molecule has 2 heterocycles. The molecule has 1 aliphatic heterocycles. The number of nitrogens with zero attached hydrogens (tertiary/aromatic N) is 1. The summed E-state index contributed by atoms with van der Waals surface area (Å²) >= 11 is 0. The van der Waals surface area contributed by atoms with Gasteiger partial charge >= 0.3 is 0 Å². The van der Waals surface area contributed by atoms with Gasteiger partial charge in [-0.15, -0.1) is 0 Å². The minimum Gasteiger partial charge on any atom is -0.496 e. The average Bonchev–Trinajstić information content (AvgIpc) is 2.69. The van der Waals surface area contributed by atoms with Crippen molar-refractivity contribution in [3.05, 3.63) is 47.7 Å². The summed E-state index contributed by atoms with van der Waals surface area (Å²) in [5, 5.41) is 2.20. The molecule has 0 unspecified atom stereocenters. The smallest absolute Gasteiger partial charge is 0.213 e. The molecule has 0 saturated carbocycles. The minimum absolute atomic E-state index is 0.0428. The summed E-state index contributed by atoms with van der Waals surface area (Å²) in [6.45, 7) is 7.64. The molecule has 4 heteroatoms. The molecular formula is C24H28NO3+. The topological polar surface area (TPSA) is 31.6 Å². The molecule has 2 aromatic carbocycles. The van der Waals surface area contributed by atoms with E-state index in [-0.39, 0.29) is 5.41 Å². The predicted molar refractivity (Wildman–Crippen MR) is 112 cm³/mol. The van der Waals surface area contributed by atoms with Crippen LogP contribution in [0.15, 0.2) is 36.5 Å². The third-order valence-corrected chi connectivity index (χ3v) is 5.64. The highest BCUT2D eigenvalue weighted by Crippen LogP contribution is 2.40. The van der Waals surface area contributed by atoms with Gasteiger partial charge in [0.1, 0.15) is 5.75 Å². The molecule has 0 radical (unpaired) electrons. The van der Waals surface area contributed by atoms with Crippen LogP contribution in [0.1, 0.15) is 31.9 Å². The van der Waals surface area contributed by atoms with Crippen molar-refractivity contribution in [2.75, 3.05) is 21.3 Å². The molecule has 0 N–H and O–H groups in total. The van der Waals surface area contributed by atoms with Crippen LogP contribution < -0.4 is 18.8 Å². The van der Waals surface area contributed by atoms with Crippen molar-refractivity contribution in [3.63, 3.8) is 0 Å². The van der Waals surface area contributed by atoms with Gasteiger partial charge in [0.05, 0.1) is 32.3 Å². The second-order valence-corrected chi connectivity index (χ2v) is 8.37. The Morgan fingerprint density at radius 2 is 1.64 bits per heavy atom. The van der Waals surface area contributed by atoms with Crippen LogP contribution in [0.3, 0.4) is 0 Å². The molecule has 0 bridgehead atoms. The fourth-order valence-electron chi connectivity index (χ4n) is 4.16. The first-order valence-corrected chi connectivity index (χ1v) is 9.67. The number of rotatable bonds is 3. The Morgan fingerprint density at radius 1 is 0.893 bits per heavy atom. The Morgan fingerprint density at radius 3 is 2.29 bits per heavy atom. The van der Waals surface area contributed by atoms with E-state index in [1.807, 2.05) is 6.07 Å². The summed E-state index contributed by atoms with van der Waals surface area (Å²) < 4.78 is 19.2. The van der Waals surface area contributed by atoms with Gasteiger partial charge in [0.15, 0.2) is 24.2 Å². The fraction of sp³-hybridized carbons (Fsp3) is 0.375. The van der Waals surface area contributed by atoms with E-state index in [1.165, 1.54) is 22.4 Å². The van der Waals surface area contributed by atoms with Crippen molar-refractivity contribution in [2.24, 2.45) is 0 Å². The number of hydrogen-bond donors (Lipinski definition) is 0. The third kappa shape index (κ3) is 2.88. The molecule has 0 spiro atoms. The van der Waals surface area contributed by atoms with Crippen molar-refractivity contribution >= 4 is 10.8 Å². The van der Waals surface area contributed by atoms with Gasteiger partial charge in [0.2, 0.25) is 5.69 Å². The van der Waals surface area contributed by atoms with Crippen LogP contribution in [0.4, 0.5) is 0 Å². The number of aromatic nitrogens is 1. The molecule has 28 heavy (non-hydrogen) atoms. The van der Waals surface area contributed by atoms with Crippen molar-refractivity contribution in [1.29, 1.82) is 0 Å². The highest BCUT2D eigenvalue weighted by molar-refractivity contribution is 5.91. The highest BCUT2D eigenvalue weighted by Gasteiger charge is 2.29. The van der Waals surface area contributed by atoms with E-state index in [1.54, 1.807) is 21.3 Å². The highest BCUT2D eigenvalue weighted by atomic mass is 16.5. The van der Waals surface area contributed by atoms with E-state index in [2.05, 4.69) is 55.8 Å². The molecule has 0 saturated heterocycles. The first kappa shape index (κ1) is 18.6. The molecule has 1 aromatic heterocycles. The van der Waals surface area contributed by atoms with E-state index in [4.69, 9.17) is 14.2 Å². The van der Waals surface area contributed by atoms with Gasteiger partial charge in [0, 0.05) is 12.5 Å². The van der Waals surface area contributed by atoms with E-state index in [0.717, 1.165) is 41.0 Å². The molecule has 0 aliphatic carbocycles. The Labute approximate surface area is 166 Å². The number of fused-ring (bicyclic) bond motifs is 4. The molecule has 3 aromatic rings. The monoisotopic (exact) mass is 378 g/mol. The van der Waals surface area contributed by atoms with Crippen molar-refractivity contribution < 1.29 is 18.8 Å². The zero-order valence-corrected chi connectivity index (χ0v) is 17.6. The average molecular weight is 378 g/mol. The number of pyridine rings is 1. The Kier molecular flexibility index (Phi) is 4.45. The molecule has 146 valence electrons. The molecule has 4 nitrogen and oxygen atoms in total. The number of methoxy groups -OCH3 is 3. The summed E-state index contributed by atoms with van der Waals surface area (Å²) in [7, 11) is 5.12. The summed E-state index contributed by atoms with van der Waals surface area (Å²) in [6, 6.07) is 10.8. The van der Waals surface area contributed by atoms with E-state index in [0.29, 0.717) is 0 Å². The van der Waals surface area contributed by atoms with E-state index < -0.39 is 0 Å². The van der Waals surface area contributed by atoms with Gasteiger partial charge in [-0.2, -0.15) is 4.57 Å². The summed E-state index contributed by atoms with van der Waals surface area (Å²) in [5.41, 5.74) is 5.13. The summed E-state index contributed by atoms with van der Waals surface area (Å²) in [4.78, 5) is 0. The van der Waals surface area contributed by atoms with Crippen molar-refractivity contribution in [3.8, 4) is 28.5 Å². The molecule has 0 fully saturated rings. The molecule has 0 atom stereocenters.